The number of amides is 1. The van der Waals surface area contributed by atoms with Crippen LogP contribution in [0.3, 0.4) is 0 Å². The van der Waals surface area contributed by atoms with Crippen LogP contribution >= 0.6 is 0 Å². The lowest BCUT2D eigenvalue weighted by Crippen LogP contribution is -2.07. The Labute approximate surface area is 123 Å². The summed E-state index contributed by atoms with van der Waals surface area (Å²) in [6, 6.07) is 7.15. The van der Waals surface area contributed by atoms with Crippen LogP contribution in [0.2, 0.25) is 0 Å². The van der Waals surface area contributed by atoms with Gasteiger partial charge >= 0.3 is 0 Å². The average molecular weight is 290 g/mol. The summed E-state index contributed by atoms with van der Waals surface area (Å²) < 4.78 is 12.0. The second-order valence-corrected chi connectivity index (χ2v) is 4.37. The molecule has 1 aromatic heterocycles. The molecule has 2 N–H and O–H groups in total. The molecule has 1 aromatic carbocycles. The molecule has 0 radical (unpaired) electrons. The number of nitrogens with one attached hydrogen (secondary N) is 2. The lowest BCUT2D eigenvalue weighted by atomic mass is 10.2. The van der Waals surface area contributed by atoms with E-state index in [1.54, 1.807) is 18.3 Å². The lowest BCUT2D eigenvalue weighted by Gasteiger charge is -2.09. The first-order valence-corrected chi connectivity index (χ1v) is 6.43. The van der Waals surface area contributed by atoms with Gasteiger partial charge in [0.1, 0.15) is 6.33 Å². The number of halogens is 1. The second-order valence-electron chi connectivity index (χ2n) is 4.37. The number of anilines is 2. The van der Waals surface area contributed by atoms with Crippen LogP contribution in [0.15, 0.2) is 36.8 Å². The van der Waals surface area contributed by atoms with Gasteiger partial charge in [-0.2, -0.15) is 0 Å². The summed E-state index contributed by atoms with van der Waals surface area (Å²) in [5, 5.41) is 5.20. The number of carbonyl (C=O) groups is 1. The third kappa shape index (κ3) is 6.47. The number of alkyl halides is 1. The number of benzene rings is 1. The van der Waals surface area contributed by atoms with Gasteiger partial charge in [-0.3, -0.25) is 4.79 Å². The summed E-state index contributed by atoms with van der Waals surface area (Å²) in [7, 11) is 0. The molecule has 0 aliphatic heterocycles. The normalized spacial score (nSPS) is 9.33. The van der Waals surface area contributed by atoms with Crippen LogP contribution in [-0.2, 0) is 4.79 Å². The van der Waals surface area contributed by atoms with Gasteiger partial charge in [0.2, 0.25) is 5.91 Å². The summed E-state index contributed by atoms with van der Waals surface area (Å²) >= 11 is 0. The van der Waals surface area contributed by atoms with Crippen LogP contribution in [0.25, 0.3) is 0 Å². The molecule has 21 heavy (non-hydrogen) atoms. The molecule has 0 unspecified atom stereocenters. The van der Waals surface area contributed by atoms with Gasteiger partial charge in [-0.05, 0) is 37.6 Å². The summed E-state index contributed by atoms with van der Waals surface area (Å²) in [6.45, 7) is 4.63. The summed E-state index contributed by atoms with van der Waals surface area (Å²) in [4.78, 5) is 18.4. The Kier molecular flexibility index (Phi) is 6.80. The molecule has 6 heteroatoms. The van der Waals surface area contributed by atoms with Crippen molar-refractivity contribution < 1.29 is 9.18 Å². The van der Waals surface area contributed by atoms with Crippen molar-refractivity contribution in [2.24, 2.45) is 0 Å². The maximum absolute atomic E-state index is 12.0. The van der Waals surface area contributed by atoms with Crippen molar-refractivity contribution in [2.75, 3.05) is 17.4 Å². The highest BCUT2D eigenvalue weighted by molar-refractivity contribution is 5.90. The molecule has 0 atom stereocenters. The molecule has 0 fully saturated rings. The van der Waals surface area contributed by atoms with Gasteiger partial charge in [-0.25, -0.2) is 14.4 Å². The molecule has 2 rings (SSSR count). The predicted octanol–water partition coefficient (Wildman–Crippen LogP) is 3.08. The lowest BCUT2D eigenvalue weighted by molar-refractivity contribution is -0.114. The fourth-order valence-corrected chi connectivity index (χ4v) is 1.49. The van der Waals surface area contributed by atoms with Gasteiger partial charge in [0.05, 0.1) is 0 Å². The van der Waals surface area contributed by atoms with Crippen LogP contribution in [0.4, 0.5) is 15.8 Å². The van der Waals surface area contributed by atoms with Gasteiger partial charge < -0.3 is 10.6 Å². The zero-order valence-corrected chi connectivity index (χ0v) is 12.4. The fraction of sp³-hybridized carbons (Fsp3) is 0.267. The van der Waals surface area contributed by atoms with Crippen molar-refractivity contribution in [2.45, 2.75) is 20.8 Å². The number of nitrogens with zero attached hydrogens (tertiary/aromatic N) is 2. The SMILES string of the molecule is CC(=O)Nc1cc(NCF)ccc1C.Cc1ccncn1. The first-order valence-electron chi connectivity index (χ1n) is 6.43. The minimum absolute atomic E-state index is 0.134. The third-order valence-corrected chi connectivity index (χ3v) is 2.55. The molecule has 0 saturated carbocycles. The molecule has 112 valence electrons. The molecule has 0 aliphatic carbocycles. The number of hydrogen-bond acceptors (Lipinski definition) is 4. The first kappa shape index (κ1) is 16.6. The Bertz CT molecular complexity index is 575. The van der Waals surface area contributed by atoms with Gasteiger partial charge in [0.15, 0.2) is 6.80 Å². The van der Waals surface area contributed by atoms with E-state index in [0.717, 1.165) is 11.3 Å². The fourth-order valence-electron chi connectivity index (χ4n) is 1.49. The molecule has 0 bridgehead atoms. The molecule has 0 spiro atoms. The van der Waals surface area contributed by atoms with E-state index in [9.17, 15) is 9.18 Å². The van der Waals surface area contributed by atoms with Gasteiger partial charge in [-0.1, -0.05) is 6.07 Å². The number of carbonyl (C=O) groups excluding carboxylic acids is 1. The third-order valence-electron chi connectivity index (χ3n) is 2.55. The largest absolute Gasteiger partial charge is 0.358 e. The number of hydrogen-bond donors (Lipinski definition) is 2. The maximum Gasteiger partial charge on any atom is 0.221 e. The minimum Gasteiger partial charge on any atom is -0.358 e. The topological polar surface area (TPSA) is 66.9 Å². The second kappa shape index (κ2) is 8.63. The van der Waals surface area contributed by atoms with Crippen molar-refractivity contribution >= 4 is 17.3 Å². The van der Waals surface area contributed by atoms with Crippen LogP contribution < -0.4 is 10.6 Å². The summed E-state index contributed by atoms with van der Waals surface area (Å²) in [5.74, 6) is -0.134. The molecule has 1 heterocycles. The van der Waals surface area contributed by atoms with Gasteiger partial charge in [0, 0.05) is 30.2 Å². The van der Waals surface area contributed by atoms with Crippen molar-refractivity contribution in [3.63, 3.8) is 0 Å². The highest BCUT2D eigenvalue weighted by atomic mass is 19.1. The first-order chi connectivity index (χ1) is 10.0. The molecule has 5 nitrogen and oxygen atoms in total. The smallest absolute Gasteiger partial charge is 0.221 e. The Hall–Kier alpha value is -2.50. The highest BCUT2D eigenvalue weighted by Crippen LogP contribution is 2.19. The van der Waals surface area contributed by atoms with E-state index in [2.05, 4.69) is 20.6 Å². The maximum atomic E-state index is 12.0. The molecule has 1 amide bonds. The van der Waals surface area contributed by atoms with Gasteiger partial charge in [0.25, 0.3) is 0 Å². The Morgan fingerprint density at radius 1 is 1.29 bits per heavy atom. The highest BCUT2D eigenvalue weighted by Gasteiger charge is 2.01. The zero-order chi connectivity index (χ0) is 15.7. The quantitative estimate of drug-likeness (QED) is 0.852. The zero-order valence-electron chi connectivity index (χ0n) is 12.4. The van der Waals surface area contributed by atoms with Crippen LogP contribution in [0, 0.1) is 13.8 Å². The summed E-state index contributed by atoms with van der Waals surface area (Å²) in [6.07, 6.45) is 3.26. The van der Waals surface area contributed by atoms with E-state index in [4.69, 9.17) is 0 Å². The van der Waals surface area contributed by atoms with Crippen molar-refractivity contribution in [1.82, 2.24) is 9.97 Å². The number of rotatable bonds is 3. The standard InChI is InChI=1S/C10H13FN2O.C5H6N2/c1-7-3-4-9(12-6-11)5-10(7)13-8(2)14;1-5-2-3-6-4-7-5/h3-5,12H,6H2,1-2H3,(H,13,14);2-4H,1H3. The van der Waals surface area contributed by atoms with Crippen molar-refractivity contribution in [3.8, 4) is 0 Å². The predicted molar refractivity (Wildman–Crippen MR) is 81.8 cm³/mol. The van der Waals surface area contributed by atoms with Crippen LogP contribution in [0.5, 0.6) is 0 Å². The Morgan fingerprint density at radius 3 is 2.52 bits per heavy atom. The van der Waals surface area contributed by atoms with Crippen molar-refractivity contribution in [3.05, 3.63) is 48.0 Å². The Morgan fingerprint density at radius 2 is 2.05 bits per heavy atom. The van der Waals surface area contributed by atoms with E-state index in [1.165, 1.54) is 13.3 Å². The summed E-state index contributed by atoms with van der Waals surface area (Å²) in [5.41, 5.74) is 3.32. The average Bonchev–Trinajstić information content (AvgIpc) is 2.44. The van der Waals surface area contributed by atoms with E-state index >= 15 is 0 Å². The minimum atomic E-state index is -0.622. The Balaban J connectivity index is 0.000000262. The number of aryl methyl sites for hydroxylation is 2. The van der Waals surface area contributed by atoms with Crippen LogP contribution in [0.1, 0.15) is 18.2 Å². The van der Waals surface area contributed by atoms with E-state index < -0.39 is 6.80 Å². The molecular weight excluding hydrogens is 271 g/mol. The molecular formula is C15H19FN4O. The van der Waals surface area contributed by atoms with Crippen molar-refractivity contribution in [1.29, 1.82) is 0 Å². The monoisotopic (exact) mass is 290 g/mol. The van der Waals surface area contributed by atoms with Gasteiger partial charge in [-0.15, -0.1) is 0 Å². The molecule has 0 saturated heterocycles. The molecule has 2 aromatic rings. The van der Waals surface area contributed by atoms with E-state index in [-0.39, 0.29) is 5.91 Å². The molecule has 0 aliphatic rings. The van der Waals surface area contributed by atoms with E-state index in [1.807, 2.05) is 26.0 Å². The van der Waals surface area contributed by atoms with E-state index in [0.29, 0.717) is 11.4 Å². The van der Waals surface area contributed by atoms with Crippen LogP contribution in [-0.4, -0.2) is 22.7 Å². The number of aromatic nitrogens is 2.